The molecule has 1 saturated carbocycles. The average Bonchev–Trinajstić information content (AvgIpc) is 3.72. The highest BCUT2D eigenvalue weighted by atomic mass is 16.6. The number of aromatic nitrogens is 1. The van der Waals surface area contributed by atoms with E-state index in [1.165, 1.54) is 30.2 Å². The molecule has 0 spiro atoms. The summed E-state index contributed by atoms with van der Waals surface area (Å²) in [5, 5.41) is 27.2. The van der Waals surface area contributed by atoms with Crippen molar-refractivity contribution in [1.29, 1.82) is 0 Å². The highest BCUT2D eigenvalue weighted by Crippen LogP contribution is 2.38. The number of hydrogen-bond donors (Lipinski definition) is 3. The molecule has 54 heavy (non-hydrogen) atoms. The molecule has 1 aliphatic carbocycles. The molecule has 5 atom stereocenters. The lowest BCUT2D eigenvalue weighted by Gasteiger charge is -2.22. The Labute approximate surface area is 322 Å². The zero-order valence-corrected chi connectivity index (χ0v) is 32.6. The summed E-state index contributed by atoms with van der Waals surface area (Å²) in [4.78, 5) is 31.5. The summed E-state index contributed by atoms with van der Waals surface area (Å²) in [5.41, 5.74) is 3.41. The first-order chi connectivity index (χ1) is 26.3. The number of anilines is 1. The molecular formula is C45H63N3O6. The van der Waals surface area contributed by atoms with E-state index >= 15 is 0 Å². The smallest absolute Gasteiger partial charge is 0.305 e. The van der Waals surface area contributed by atoms with Crippen LogP contribution < -0.4 is 10.1 Å². The fourth-order valence-corrected chi connectivity index (χ4v) is 8.12. The molecule has 9 nitrogen and oxygen atoms in total. The lowest BCUT2D eigenvalue weighted by atomic mass is 9.86. The van der Waals surface area contributed by atoms with Crippen molar-refractivity contribution in [2.75, 3.05) is 31.6 Å². The van der Waals surface area contributed by atoms with Gasteiger partial charge in [0.05, 0.1) is 12.2 Å². The molecule has 1 saturated heterocycles. The molecule has 1 aromatic heterocycles. The number of likely N-dealkylation sites (tertiary alicyclic amines) is 1. The Morgan fingerprint density at radius 1 is 0.963 bits per heavy atom. The molecule has 2 aromatic carbocycles. The lowest BCUT2D eigenvalue weighted by Crippen LogP contribution is -2.26. The zero-order chi connectivity index (χ0) is 38.1. The van der Waals surface area contributed by atoms with Gasteiger partial charge < -0.3 is 25.0 Å². The van der Waals surface area contributed by atoms with Crippen LogP contribution in [0.3, 0.4) is 0 Å². The van der Waals surface area contributed by atoms with Crippen LogP contribution in [-0.4, -0.2) is 76.4 Å². The van der Waals surface area contributed by atoms with Gasteiger partial charge in [-0.15, -0.1) is 0 Å². The molecule has 3 N–H and O–H groups in total. The Hall–Kier alpha value is -3.79. The number of unbranched alkanes of at least 4 members (excludes halogenated alkanes) is 5. The fourth-order valence-electron chi connectivity index (χ4n) is 8.12. The number of aryl methyl sites for hydroxylation is 1. The number of aliphatic hydroxyl groups is 2. The molecular weight excluding hydrogens is 679 g/mol. The first kappa shape index (κ1) is 41.4. The Balaban J connectivity index is 0.940. The number of carbonyl (C=O) groups excluding carboxylic acids is 2. The maximum atomic E-state index is 12.4. The number of aliphatic hydroxyl groups excluding tert-OH is 2. The van der Waals surface area contributed by atoms with Gasteiger partial charge in [-0.1, -0.05) is 69.0 Å². The van der Waals surface area contributed by atoms with E-state index in [9.17, 15) is 19.8 Å². The van der Waals surface area contributed by atoms with Crippen molar-refractivity contribution in [2.45, 2.75) is 129 Å². The lowest BCUT2D eigenvalue weighted by molar-refractivity contribution is -0.144. The van der Waals surface area contributed by atoms with E-state index in [0.29, 0.717) is 57.6 Å². The van der Waals surface area contributed by atoms with Crippen molar-refractivity contribution in [1.82, 2.24) is 9.88 Å². The van der Waals surface area contributed by atoms with Crippen molar-refractivity contribution < 1.29 is 29.3 Å². The minimum Gasteiger partial charge on any atom is -0.490 e. The number of hydrogen-bond acceptors (Lipinski definition) is 9. The van der Waals surface area contributed by atoms with E-state index in [2.05, 4.69) is 64.6 Å². The molecule has 0 unspecified atom stereocenters. The van der Waals surface area contributed by atoms with Crippen molar-refractivity contribution >= 4 is 28.2 Å². The molecule has 5 rings (SSSR count). The molecule has 0 radical (unpaired) electrons. The van der Waals surface area contributed by atoms with Crippen LogP contribution in [-0.2, 0) is 20.9 Å². The van der Waals surface area contributed by atoms with Crippen molar-refractivity contribution in [3.63, 3.8) is 0 Å². The van der Waals surface area contributed by atoms with Gasteiger partial charge in [0.1, 0.15) is 24.7 Å². The van der Waals surface area contributed by atoms with Crippen molar-refractivity contribution in [2.24, 2.45) is 11.8 Å². The van der Waals surface area contributed by atoms with Crippen LogP contribution in [0.15, 0.2) is 67.0 Å². The number of ether oxygens (including phenoxy) is 2. The number of rotatable bonds is 23. The number of fused-ring (bicyclic) bond motifs is 1. The molecule has 1 aliphatic heterocycles. The molecule has 2 heterocycles. The monoisotopic (exact) mass is 741 g/mol. The first-order valence-corrected chi connectivity index (χ1v) is 20.5. The quantitative estimate of drug-likeness (QED) is 0.0501. The Kier molecular flexibility index (Phi) is 16.8. The van der Waals surface area contributed by atoms with Crippen LogP contribution in [0.1, 0.15) is 108 Å². The van der Waals surface area contributed by atoms with E-state index in [-0.39, 0.29) is 30.2 Å². The third-order valence-corrected chi connectivity index (χ3v) is 11.2. The third kappa shape index (κ3) is 12.9. The standard InChI is InChI=1S/C45H63N3O6/c1-3-4-5-6-9-14-37(49)20-21-40-39(42(50)29-43(40)51)15-10-7-8-11-17-45(52)54-27-26-53-44-28-34(19-18-33(44)2)31-48-25-23-36(32-48)47-41-16-12-13-35-30-46-24-22-38(35)41/h7,10,12-13,16,18-19,22,24,28,30,36,39-40,42-43,47,50-51H,3-6,8-9,11,14-15,17,20-21,23,25-27,29,31-32H2,1-2H3/t36-,39-,40-,42-,43-/m1/s1. The van der Waals surface area contributed by atoms with Crippen molar-refractivity contribution in [3.05, 3.63) is 78.1 Å². The van der Waals surface area contributed by atoms with Gasteiger partial charge in [-0.05, 0) is 93.0 Å². The third-order valence-electron chi connectivity index (χ3n) is 11.2. The molecule has 294 valence electrons. The predicted octanol–water partition coefficient (Wildman–Crippen LogP) is 8.34. The fraction of sp³-hybridized carbons (Fsp3) is 0.578. The van der Waals surface area contributed by atoms with Gasteiger partial charge in [-0.25, -0.2) is 0 Å². The number of carbonyl (C=O) groups is 2. The van der Waals surface area contributed by atoms with Gasteiger partial charge in [-0.2, -0.15) is 0 Å². The number of nitrogens with one attached hydrogen (secondary N) is 1. The SMILES string of the molecule is CCCCCCCC(=O)CC[C@@H]1[C@@H](CC=CCCCC(=O)OCCOc2cc(CN3CC[C@@H](Nc4cccc5cnccc45)C3)ccc2C)[C@H](O)C[C@H]1O. The van der Waals surface area contributed by atoms with Gasteiger partial charge >= 0.3 is 5.97 Å². The van der Waals surface area contributed by atoms with Gasteiger partial charge in [0.15, 0.2) is 0 Å². The van der Waals surface area contributed by atoms with E-state index in [0.717, 1.165) is 67.7 Å². The summed E-state index contributed by atoms with van der Waals surface area (Å²) in [6.45, 7) is 7.55. The number of pyridine rings is 1. The summed E-state index contributed by atoms with van der Waals surface area (Å²) in [6.07, 6.45) is 18.0. The highest BCUT2D eigenvalue weighted by molar-refractivity contribution is 5.93. The Morgan fingerprint density at radius 2 is 1.81 bits per heavy atom. The number of esters is 1. The highest BCUT2D eigenvalue weighted by Gasteiger charge is 2.40. The van der Waals surface area contributed by atoms with Crippen LogP contribution in [0.25, 0.3) is 10.8 Å². The van der Waals surface area contributed by atoms with Crippen molar-refractivity contribution in [3.8, 4) is 5.75 Å². The van der Waals surface area contributed by atoms with Gasteiger partial charge in [0, 0.05) is 73.8 Å². The van der Waals surface area contributed by atoms with E-state index in [4.69, 9.17) is 9.47 Å². The Morgan fingerprint density at radius 3 is 2.69 bits per heavy atom. The first-order valence-electron chi connectivity index (χ1n) is 20.5. The largest absolute Gasteiger partial charge is 0.490 e. The second kappa shape index (κ2) is 21.9. The number of allylic oxidation sites excluding steroid dienone is 2. The molecule has 2 fully saturated rings. The van der Waals surface area contributed by atoms with Gasteiger partial charge in [0.2, 0.25) is 0 Å². The maximum absolute atomic E-state index is 12.4. The summed E-state index contributed by atoms with van der Waals surface area (Å²) >= 11 is 0. The molecule has 0 amide bonds. The second-order valence-electron chi connectivity index (χ2n) is 15.5. The molecule has 3 aromatic rings. The van der Waals surface area contributed by atoms with Gasteiger partial charge in [0.25, 0.3) is 0 Å². The molecule has 9 heteroatoms. The van der Waals surface area contributed by atoms with Crippen LogP contribution in [0.4, 0.5) is 5.69 Å². The minimum absolute atomic E-state index is 0.0441. The number of benzene rings is 2. The summed E-state index contributed by atoms with van der Waals surface area (Å²) < 4.78 is 11.5. The van der Waals surface area contributed by atoms with E-state index in [1.54, 1.807) is 0 Å². The van der Waals surface area contributed by atoms with Crippen LogP contribution in [0.2, 0.25) is 0 Å². The molecule has 2 aliphatic rings. The van der Waals surface area contributed by atoms with E-state index < -0.39 is 12.2 Å². The summed E-state index contributed by atoms with van der Waals surface area (Å²) in [5.74, 6) is 0.747. The minimum atomic E-state index is -0.561. The number of Topliss-reactive ketones (excluding diaryl/α,β-unsaturated/α-hetero) is 1. The Bertz CT molecular complexity index is 1640. The van der Waals surface area contributed by atoms with Crippen LogP contribution in [0.5, 0.6) is 5.75 Å². The number of ketones is 1. The zero-order valence-electron chi connectivity index (χ0n) is 32.6. The van der Waals surface area contributed by atoms with Gasteiger partial charge in [-0.3, -0.25) is 19.5 Å². The average molecular weight is 742 g/mol. The van der Waals surface area contributed by atoms with Crippen LogP contribution >= 0.6 is 0 Å². The maximum Gasteiger partial charge on any atom is 0.305 e. The van der Waals surface area contributed by atoms with Crippen LogP contribution in [0, 0.1) is 18.8 Å². The predicted molar refractivity (Wildman–Crippen MR) is 216 cm³/mol. The topological polar surface area (TPSA) is 121 Å². The normalized spacial score (nSPS) is 21.6. The molecule has 0 bridgehead atoms. The number of nitrogens with zero attached hydrogens (tertiary/aromatic N) is 2. The van der Waals surface area contributed by atoms with E-state index in [1.807, 2.05) is 31.5 Å². The summed E-state index contributed by atoms with van der Waals surface area (Å²) in [6, 6.07) is 15.1. The second-order valence-corrected chi connectivity index (χ2v) is 15.5. The summed E-state index contributed by atoms with van der Waals surface area (Å²) in [7, 11) is 0.